The van der Waals surface area contributed by atoms with Crippen molar-refractivity contribution >= 4 is 5.91 Å². The van der Waals surface area contributed by atoms with Crippen molar-refractivity contribution in [3.8, 4) is 41.1 Å². The summed E-state index contributed by atoms with van der Waals surface area (Å²) in [5.41, 5.74) is 2.43. The summed E-state index contributed by atoms with van der Waals surface area (Å²) in [5.74, 6) is 12.9. The number of likely N-dealkylation sites (tertiary alicyclic amines) is 1. The van der Waals surface area contributed by atoms with E-state index in [-0.39, 0.29) is 18.2 Å². The van der Waals surface area contributed by atoms with Gasteiger partial charge < -0.3 is 19.1 Å². The maximum absolute atomic E-state index is 11.5. The van der Waals surface area contributed by atoms with Crippen molar-refractivity contribution in [1.29, 1.82) is 5.26 Å². The first-order valence-corrected chi connectivity index (χ1v) is 10.4. The highest BCUT2D eigenvalue weighted by molar-refractivity contribution is 5.79. The number of imidazole rings is 1. The van der Waals surface area contributed by atoms with Crippen LogP contribution in [0.15, 0.2) is 47.2 Å². The predicted octanol–water partition coefficient (Wildman–Crippen LogP) is 2.37. The van der Waals surface area contributed by atoms with E-state index in [1.54, 1.807) is 24.2 Å². The first-order chi connectivity index (χ1) is 16.0. The maximum atomic E-state index is 11.5. The minimum absolute atomic E-state index is 0.0835. The molecule has 1 fully saturated rings. The quantitative estimate of drug-likeness (QED) is 0.612. The lowest BCUT2D eigenvalue weighted by atomic mass is 10.0. The van der Waals surface area contributed by atoms with Gasteiger partial charge in [0.1, 0.15) is 24.0 Å². The van der Waals surface area contributed by atoms with Gasteiger partial charge >= 0.3 is 0 Å². The molecule has 1 N–H and O–H groups in total. The smallest absolute Gasteiger partial charge is 0.236 e. The number of carbonyl (C=O) groups excluding carboxylic acids is 1. The molecule has 0 aliphatic carbocycles. The topological polar surface area (TPSA) is 108 Å². The second kappa shape index (κ2) is 9.87. The van der Waals surface area contributed by atoms with Crippen molar-refractivity contribution in [3.63, 3.8) is 0 Å². The van der Waals surface area contributed by atoms with Crippen LogP contribution in [0, 0.1) is 40.9 Å². The van der Waals surface area contributed by atoms with E-state index in [0.29, 0.717) is 31.2 Å². The first-order valence-electron chi connectivity index (χ1n) is 10.4. The second-order valence-corrected chi connectivity index (χ2v) is 7.70. The van der Waals surface area contributed by atoms with Crippen LogP contribution in [0.3, 0.4) is 0 Å². The largest absolute Gasteiger partial charge is 0.385 e. The molecule has 0 unspecified atom stereocenters. The van der Waals surface area contributed by atoms with Crippen LogP contribution in [0.25, 0.3) is 11.3 Å². The van der Waals surface area contributed by atoms with E-state index in [4.69, 9.17) is 9.78 Å². The Morgan fingerprint density at radius 3 is 2.82 bits per heavy atom. The minimum Gasteiger partial charge on any atom is -0.385 e. The number of nitriles is 1. The van der Waals surface area contributed by atoms with Gasteiger partial charge in [0.25, 0.3) is 0 Å². The molecule has 0 saturated carbocycles. The van der Waals surface area contributed by atoms with E-state index in [1.807, 2.05) is 41.0 Å². The first kappa shape index (κ1) is 21.9. The molecule has 3 aromatic rings. The minimum atomic E-state index is -0.660. The summed E-state index contributed by atoms with van der Waals surface area (Å²) >= 11 is 0. The van der Waals surface area contributed by atoms with Crippen LogP contribution in [0.4, 0.5) is 0 Å². The number of benzene rings is 1. The molecule has 1 atom stereocenters. The van der Waals surface area contributed by atoms with Crippen molar-refractivity contribution in [1.82, 2.24) is 19.6 Å². The Labute approximate surface area is 191 Å². The van der Waals surface area contributed by atoms with E-state index in [2.05, 4.69) is 33.8 Å². The lowest BCUT2D eigenvalue weighted by Crippen LogP contribution is -2.49. The van der Waals surface area contributed by atoms with Crippen LogP contribution in [0.2, 0.25) is 0 Å². The Kier molecular flexibility index (Phi) is 6.55. The van der Waals surface area contributed by atoms with Gasteiger partial charge in [0, 0.05) is 42.7 Å². The molecule has 0 radical (unpaired) electrons. The van der Waals surface area contributed by atoms with Gasteiger partial charge in [-0.15, -0.1) is 0 Å². The van der Waals surface area contributed by atoms with Crippen LogP contribution < -0.4 is 0 Å². The summed E-state index contributed by atoms with van der Waals surface area (Å²) < 4.78 is 7.30. The summed E-state index contributed by atoms with van der Waals surface area (Å²) in [7, 11) is 0. The molecule has 1 aliphatic heterocycles. The molecule has 4 rings (SSSR count). The van der Waals surface area contributed by atoms with Crippen LogP contribution in [0.5, 0.6) is 0 Å². The van der Waals surface area contributed by atoms with Crippen molar-refractivity contribution in [2.24, 2.45) is 5.92 Å². The van der Waals surface area contributed by atoms with Gasteiger partial charge in [0.05, 0.1) is 18.5 Å². The van der Waals surface area contributed by atoms with Crippen LogP contribution >= 0.6 is 0 Å². The molecular weight excluding hydrogens is 418 g/mol. The van der Waals surface area contributed by atoms with Crippen molar-refractivity contribution in [3.05, 3.63) is 59.8 Å². The van der Waals surface area contributed by atoms with E-state index < -0.39 is 6.10 Å². The van der Waals surface area contributed by atoms with E-state index in [9.17, 15) is 9.90 Å². The monoisotopic (exact) mass is 439 g/mol. The van der Waals surface area contributed by atoms with Crippen LogP contribution in [-0.4, -0.2) is 43.7 Å². The molecule has 164 valence electrons. The Morgan fingerprint density at radius 2 is 2.09 bits per heavy atom. The third kappa shape index (κ3) is 5.30. The highest BCUT2D eigenvalue weighted by atomic mass is 16.5. The highest BCUT2D eigenvalue weighted by Gasteiger charge is 2.28. The number of hydrogen-bond acceptors (Lipinski definition) is 6. The van der Waals surface area contributed by atoms with Gasteiger partial charge in [-0.2, -0.15) is 5.26 Å². The zero-order chi connectivity index (χ0) is 23.2. The summed E-state index contributed by atoms with van der Waals surface area (Å²) in [6.07, 6.45) is 2.69. The summed E-state index contributed by atoms with van der Waals surface area (Å²) in [5, 5.41) is 22.4. The van der Waals surface area contributed by atoms with Gasteiger partial charge in [0.2, 0.25) is 5.91 Å². The molecule has 1 aliphatic rings. The summed E-state index contributed by atoms with van der Waals surface area (Å²) in [6.45, 7) is 3.25. The molecule has 1 aromatic carbocycles. The van der Waals surface area contributed by atoms with Crippen LogP contribution in [0.1, 0.15) is 36.5 Å². The average molecular weight is 439 g/mol. The van der Waals surface area contributed by atoms with Crippen LogP contribution in [-0.2, 0) is 11.3 Å². The standard InChI is InChI=1S/C25H21N5O3/c1-18(31)25-27-12-13-29(25)17-22-14-23(33-28-22)21-8-6-19(7-9-21)4-2-3-5-20-15-30(16-20)24(32)10-11-26/h6-9,12-14,18,20,31H,10,15-17H2,1H3/t18-/m0/s1. The third-order valence-corrected chi connectivity index (χ3v) is 5.19. The Hall–Kier alpha value is -4.32. The number of aliphatic hydroxyl groups is 1. The van der Waals surface area contributed by atoms with Gasteiger partial charge in [0.15, 0.2) is 5.76 Å². The van der Waals surface area contributed by atoms with Crippen molar-refractivity contribution in [2.45, 2.75) is 26.0 Å². The molecule has 2 aromatic heterocycles. The zero-order valence-corrected chi connectivity index (χ0v) is 18.0. The molecule has 0 bridgehead atoms. The predicted molar refractivity (Wildman–Crippen MR) is 119 cm³/mol. The lowest BCUT2D eigenvalue weighted by Gasteiger charge is -2.35. The number of nitrogens with zero attached hydrogens (tertiary/aromatic N) is 5. The fourth-order valence-electron chi connectivity index (χ4n) is 3.43. The van der Waals surface area contributed by atoms with Gasteiger partial charge in [-0.1, -0.05) is 17.0 Å². The molecule has 3 heterocycles. The number of amides is 1. The fraction of sp³-hybridized carbons (Fsp3) is 0.280. The van der Waals surface area contributed by atoms with E-state index in [1.165, 1.54) is 0 Å². The number of aliphatic hydroxyl groups excluding tert-OH is 1. The average Bonchev–Trinajstić information content (AvgIpc) is 3.43. The fourth-order valence-corrected chi connectivity index (χ4v) is 3.43. The molecule has 33 heavy (non-hydrogen) atoms. The number of rotatable bonds is 5. The Morgan fingerprint density at radius 1 is 1.30 bits per heavy atom. The molecule has 0 spiro atoms. The van der Waals surface area contributed by atoms with Crippen molar-refractivity contribution in [2.75, 3.05) is 13.1 Å². The highest BCUT2D eigenvalue weighted by Crippen LogP contribution is 2.22. The summed E-state index contributed by atoms with van der Waals surface area (Å²) in [6, 6.07) is 11.3. The van der Waals surface area contributed by atoms with E-state index >= 15 is 0 Å². The SMILES string of the molecule is C[C@H](O)c1nccn1Cc1cc(-c2ccc(C#CC#CC3CN(C(=O)CC#N)C3)cc2)on1. The molecule has 1 amide bonds. The van der Waals surface area contributed by atoms with Crippen molar-refractivity contribution < 1.29 is 14.4 Å². The lowest BCUT2D eigenvalue weighted by molar-refractivity contribution is -0.135. The third-order valence-electron chi connectivity index (χ3n) is 5.19. The van der Waals surface area contributed by atoms with Gasteiger partial charge in [-0.25, -0.2) is 4.98 Å². The normalized spacial score (nSPS) is 13.7. The van der Waals surface area contributed by atoms with Gasteiger partial charge in [-0.05, 0) is 43.0 Å². The van der Waals surface area contributed by atoms with Gasteiger partial charge in [-0.3, -0.25) is 4.79 Å². The van der Waals surface area contributed by atoms with E-state index in [0.717, 1.165) is 16.8 Å². The second-order valence-electron chi connectivity index (χ2n) is 7.70. The zero-order valence-electron chi connectivity index (χ0n) is 18.0. The summed E-state index contributed by atoms with van der Waals surface area (Å²) in [4.78, 5) is 17.3. The molecule has 1 saturated heterocycles. The molecular formula is C25H21N5O3. The maximum Gasteiger partial charge on any atom is 0.236 e. The number of carbonyl (C=O) groups is 1. The Balaban J connectivity index is 1.33. The number of aromatic nitrogens is 3. The Bertz CT molecular complexity index is 1300. The molecule has 8 heteroatoms. The molecule has 8 nitrogen and oxygen atoms in total. The number of hydrogen-bond donors (Lipinski definition) is 1.